The highest BCUT2D eigenvalue weighted by atomic mass is 19.1. The Hall–Kier alpha value is -1.91. The maximum Gasteiger partial charge on any atom is 0.166 e. The summed E-state index contributed by atoms with van der Waals surface area (Å²) in [5, 5.41) is 8.15. The summed E-state index contributed by atoms with van der Waals surface area (Å²) in [6, 6.07) is 4.53. The molecule has 5 heteroatoms. The molecule has 0 atom stereocenters. The molecule has 2 rings (SSSR count). The van der Waals surface area contributed by atoms with E-state index in [1.165, 1.54) is 12.1 Å². The van der Waals surface area contributed by atoms with E-state index in [0.29, 0.717) is 17.1 Å². The number of nitrogen functional groups attached to an aromatic ring is 1. The number of benzene rings is 1. The Bertz CT molecular complexity index is 545. The molecule has 2 aromatic rings. The van der Waals surface area contributed by atoms with Crippen molar-refractivity contribution in [1.82, 2.24) is 14.8 Å². The summed E-state index contributed by atoms with van der Waals surface area (Å²) < 4.78 is 15.0. The zero-order valence-corrected chi connectivity index (χ0v) is 10.1. The van der Waals surface area contributed by atoms with Crippen LogP contribution in [0.25, 0.3) is 11.4 Å². The topological polar surface area (TPSA) is 56.7 Å². The summed E-state index contributed by atoms with van der Waals surface area (Å²) in [5.41, 5.74) is 6.89. The van der Waals surface area contributed by atoms with E-state index in [2.05, 4.69) is 10.2 Å². The summed E-state index contributed by atoms with van der Waals surface area (Å²) in [6.07, 6.45) is 0. The highest BCUT2D eigenvalue weighted by Gasteiger charge is 2.15. The second-order valence-electron chi connectivity index (χ2n) is 4.27. The van der Waals surface area contributed by atoms with Crippen LogP contribution < -0.4 is 5.73 Å². The van der Waals surface area contributed by atoms with Gasteiger partial charge in [0.1, 0.15) is 11.6 Å². The first-order valence-electron chi connectivity index (χ1n) is 5.47. The number of rotatable bonds is 2. The van der Waals surface area contributed by atoms with Gasteiger partial charge in [-0.15, -0.1) is 10.2 Å². The Morgan fingerprint density at radius 1 is 1.29 bits per heavy atom. The lowest BCUT2D eigenvalue weighted by Crippen LogP contribution is -2.06. The molecule has 0 unspecified atom stereocenters. The molecule has 0 spiro atoms. The Labute approximate surface area is 99.3 Å². The molecule has 0 saturated heterocycles. The molecule has 0 aliphatic carbocycles. The van der Waals surface area contributed by atoms with Crippen molar-refractivity contribution in [1.29, 1.82) is 0 Å². The van der Waals surface area contributed by atoms with Crippen molar-refractivity contribution in [3.8, 4) is 11.4 Å². The highest BCUT2D eigenvalue weighted by Crippen LogP contribution is 2.27. The van der Waals surface area contributed by atoms with Crippen molar-refractivity contribution in [2.45, 2.75) is 26.8 Å². The van der Waals surface area contributed by atoms with Crippen LogP contribution >= 0.6 is 0 Å². The fraction of sp³-hybridized carbons (Fsp3) is 0.333. The maximum atomic E-state index is 13.0. The predicted molar refractivity (Wildman–Crippen MR) is 65.0 cm³/mol. The lowest BCUT2D eigenvalue weighted by Gasteiger charge is -2.13. The summed E-state index contributed by atoms with van der Waals surface area (Å²) in [6.45, 7) is 5.97. The molecule has 0 aliphatic rings. The standard InChI is InChI=1S/C12H15FN4/c1-7(2)17-8(3)15-16-12(17)10-5-4-9(13)6-11(10)14/h4-7H,14H2,1-3H3. The van der Waals surface area contributed by atoms with Gasteiger partial charge in [0.2, 0.25) is 0 Å². The minimum atomic E-state index is -0.349. The van der Waals surface area contributed by atoms with Gasteiger partial charge in [-0.25, -0.2) is 4.39 Å². The molecular weight excluding hydrogens is 219 g/mol. The maximum absolute atomic E-state index is 13.0. The molecule has 1 aromatic heterocycles. The molecular formula is C12H15FN4. The lowest BCUT2D eigenvalue weighted by molar-refractivity contribution is 0.587. The van der Waals surface area contributed by atoms with Gasteiger partial charge in [0.15, 0.2) is 5.82 Å². The van der Waals surface area contributed by atoms with Crippen molar-refractivity contribution in [2.75, 3.05) is 5.73 Å². The summed E-state index contributed by atoms with van der Waals surface area (Å²) in [4.78, 5) is 0. The molecule has 0 bridgehead atoms. The monoisotopic (exact) mass is 234 g/mol. The minimum absolute atomic E-state index is 0.226. The number of aromatic nitrogens is 3. The zero-order valence-electron chi connectivity index (χ0n) is 10.1. The first-order valence-corrected chi connectivity index (χ1v) is 5.47. The SMILES string of the molecule is Cc1nnc(-c2ccc(F)cc2N)n1C(C)C. The smallest absolute Gasteiger partial charge is 0.166 e. The van der Waals surface area contributed by atoms with E-state index in [9.17, 15) is 4.39 Å². The summed E-state index contributed by atoms with van der Waals surface area (Å²) in [5.74, 6) is 1.15. The molecule has 2 N–H and O–H groups in total. The molecule has 0 aliphatic heterocycles. The Balaban J connectivity index is 2.61. The Morgan fingerprint density at radius 2 is 2.00 bits per heavy atom. The van der Waals surface area contributed by atoms with E-state index in [1.54, 1.807) is 6.07 Å². The normalized spacial score (nSPS) is 11.1. The molecule has 90 valence electrons. The third-order valence-corrected chi connectivity index (χ3v) is 2.64. The number of nitrogens with two attached hydrogens (primary N) is 1. The number of hydrogen-bond donors (Lipinski definition) is 1. The second kappa shape index (κ2) is 4.16. The van der Waals surface area contributed by atoms with Crippen LogP contribution in [-0.2, 0) is 0 Å². The Kier molecular flexibility index (Phi) is 2.83. The van der Waals surface area contributed by atoms with Crippen molar-refractivity contribution in [3.05, 3.63) is 29.8 Å². The molecule has 0 fully saturated rings. The van der Waals surface area contributed by atoms with Crippen molar-refractivity contribution in [2.24, 2.45) is 0 Å². The van der Waals surface area contributed by atoms with Gasteiger partial charge in [-0.3, -0.25) is 0 Å². The van der Waals surface area contributed by atoms with E-state index in [1.807, 2.05) is 25.3 Å². The number of aryl methyl sites for hydroxylation is 1. The van der Waals surface area contributed by atoms with Gasteiger partial charge in [-0.1, -0.05) is 0 Å². The summed E-state index contributed by atoms with van der Waals surface area (Å²) >= 11 is 0. The fourth-order valence-electron chi connectivity index (χ4n) is 1.91. The molecule has 0 saturated carbocycles. The van der Waals surface area contributed by atoms with Crippen molar-refractivity contribution >= 4 is 5.69 Å². The molecule has 1 heterocycles. The van der Waals surface area contributed by atoms with Crippen LogP contribution in [0.4, 0.5) is 10.1 Å². The van der Waals surface area contributed by atoms with Gasteiger partial charge in [-0.05, 0) is 39.0 Å². The van der Waals surface area contributed by atoms with Crippen LogP contribution in [0.3, 0.4) is 0 Å². The van der Waals surface area contributed by atoms with Crippen LogP contribution in [0.5, 0.6) is 0 Å². The first-order chi connectivity index (χ1) is 8.00. The van der Waals surface area contributed by atoms with Gasteiger partial charge in [0.25, 0.3) is 0 Å². The largest absolute Gasteiger partial charge is 0.398 e. The van der Waals surface area contributed by atoms with Crippen LogP contribution in [0.1, 0.15) is 25.7 Å². The minimum Gasteiger partial charge on any atom is -0.398 e. The second-order valence-corrected chi connectivity index (χ2v) is 4.27. The quantitative estimate of drug-likeness (QED) is 0.812. The van der Waals surface area contributed by atoms with Gasteiger partial charge >= 0.3 is 0 Å². The van der Waals surface area contributed by atoms with Crippen LogP contribution in [-0.4, -0.2) is 14.8 Å². The lowest BCUT2D eigenvalue weighted by atomic mass is 10.1. The molecule has 1 aromatic carbocycles. The van der Waals surface area contributed by atoms with Crippen LogP contribution in [0, 0.1) is 12.7 Å². The average Bonchev–Trinajstić information content (AvgIpc) is 2.60. The van der Waals surface area contributed by atoms with Crippen LogP contribution in [0.15, 0.2) is 18.2 Å². The number of nitrogens with zero attached hydrogens (tertiary/aromatic N) is 3. The third kappa shape index (κ3) is 2.00. The summed E-state index contributed by atoms with van der Waals surface area (Å²) in [7, 11) is 0. The number of anilines is 1. The van der Waals surface area contributed by atoms with E-state index in [0.717, 1.165) is 5.82 Å². The molecule has 0 radical (unpaired) electrons. The zero-order chi connectivity index (χ0) is 12.6. The van der Waals surface area contributed by atoms with Gasteiger partial charge in [0.05, 0.1) is 0 Å². The molecule has 17 heavy (non-hydrogen) atoms. The van der Waals surface area contributed by atoms with Crippen molar-refractivity contribution < 1.29 is 4.39 Å². The van der Waals surface area contributed by atoms with Gasteiger partial charge in [-0.2, -0.15) is 0 Å². The van der Waals surface area contributed by atoms with Crippen LogP contribution in [0.2, 0.25) is 0 Å². The number of hydrogen-bond acceptors (Lipinski definition) is 3. The van der Waals surface area contributed by atoms with E-state index in [-0.39, 0.29) is 11.9 Å². The third-order valence-electron chi connectivity index (χ3n) is 2.64. The predicted octanol–water partition coefficient (Wildman–Crippen LogP) is 2.56. The van der Waals surface area contributed by atoms with E-state index in [4.69, 9.17) is 5.73 Å². The fourth-order valence-corrected chi connectivity index (χ4v) is 1.91. The van der Waals surface area contributed by atoms with E-state index >= 15 is 0 Å². The first kappa shape index (κ1) is 11.6. The van der Waals surface area contributed by atoms with Crippen molar-refractivity contribution in [3.63, 3.8) is 0 Å². The van der Waals surface area contributed by atoms with Gasteiger partial charge in [0, 0.05) is 17.3 Å². The van der Waals surface area contributed by atoms with E-state index < -0.39 is 0 Å². The number of halogens is 1. The highest BCUT2D eigenvalue weighted by molar-refractivity contribution is 5.71. The molecule has 4 nitrogen and oxygen atoms in total. The average molecular weight is 234 g/mol. The Morgan fingerprint density at radius 3 is 2.59 bits per heavy atom. The van der Waals surface area contributed by atoms with Gasteiger partial charge < -0.3 is 10.3 Å². The molecule has 0 amide bonds.